The molecule has 1 amide bonds. The Balaban J connectivity index is 2.63. The number of carbonyl (C=O) groups excluding carboxylic acids is 1. The molecule has 0 fully saturated rings. The lowest BCUT2D eigenvalue weighted by Crippen LogP contribution is -2.29. The fourth-order valence-corrected chi connectivity index (χ4v) is 1.74. The van der Waals surface area contributed by atoms with Gasteiger partial charge >= 0.3 is 0 Å². The summed E-state index contributed by atoms with van der Waals surface area (Å²) >= 11 is 0. The lowest BCUT2D eigenvalue weighted by Gasteiger charge is -2.15. The van der Waals surface area contributed by atoms with Gasteiger partial charge in [-0.1, -0.05) is 19.4 Å². The van der Waals surface area contributed by atoms with Crippen molar-refractivity contribution < 1.29 is 14.3 Å². The minimum atomic E-state index is -0.168. The number of benzene rings is 1. The molecule has 0 saturated heterocycles. The summed E-state index contributed by atoms with van der Waals surface area (Å²) in [5.41, 5.74) is 6.74. The molecule has 0 heterocycles. The van der Waals surface area contributed by atoms with Crippen molar-refractivity contribution in [2.75, 3.05) is 20.3 Å². The van der Waals surface area contributed by atoms with Gasteiger partial charge in [0.2, 0.25) is 0 Å². The van der Waals surface area contributed by atoms with Crippen molar-refractivity contribution in [1.82, 2.24) is 5.32 Å². The average molecular weight is 280 g/mol. The molecule has 0 aliphatic rings. The number of nitrogens with one attached hydrogen (secondary N) is 1. The van der Waals surface area contributed by atoms with E-state index >= 15 is 0 Å². The molecule has 0 bridgehead atoms. The molecule has 0 radical (unpaired) electrons. The topological polar surface area (TPSA) is 73.6 Å². The quantitative estimate of drug-likeness (QED) is 0.714. The third-order valence-corrected chi connectivity index (χ3v) is 2.92. The lowest BCUT2D eigenvalue weighted by molar-refractivity contribution is -0.123. The van der Waals surface area contributed by atoms with Gasteiger partial charge in [-0.25, -0.2) is 0 Å². The molecule has 112 valence electrons. The number of ether oxygens (including phenoxy) is 2. The molecule has 1 rings (SSSR count). The molecule has 20 heavy (non-hydrogen) atoms. The molecule has 5 heteroatoms. The maximum absolute atomic E-state index is 11.6. The molecule has 0 aromatic heterocycles. The van der Waals surface area contributed by atoms with Gasteiger partial charge < -0.3 is 20.5 Å². The summed E-state index contributed by atoms with van der Waals surface area (Å²) < 4.78 is 10.7. The van der Waals surface area contributed by atoms with E-state index in [-0.39, 0.29) is 18.6 Å². The number of methoxy groups -OCH3 is 1. The molecule has 0 saturated carbocycles. The van der Waals surface area contributed by atoms with Gasteiger partial charge in [0, 0.05) is 24.2 Å². The van der Waals surface area contributed by atoms with E-state index in [4.69, 9.17) is 15.2 Å². The summed E-state index contributed by atoms with van der Waals surface area (Å²) in [6.07, 6.45) is 2.02. The molecule has 0 aliphatic carbocycles. The number of hydrogen-bond acceptors (Lipinski definition) is 4. The predicted molar refractivity (Wildman–Crippen MR) is 79.0 cm³/mol. The molecule has 0 unspecified atom stereocenters. The highest BCUT2D eigenvalue weighted by Crippen LogP contribution is 2.28. The molecule has 1 aromatic carbocycles. The Bertz CT molecular complexity index is 433. The van der Waals surface area contributed by atoms with E-state index in [0.717, 1.165) is 18.4 Å². The SMILES string of the molecule is CCCCNC(=O)COc1cc(OC)ccc1[C@H](C)N. The zero-order chi connectivity index (χ0) is 15.0. The van der Waals surface area contributed by atoms with E-state index in [2.05, 4.69) is 12.2 Å². The third kappa shape index (κ3) is 5.09. The first-order chi connectivity index (χ1) is 9.58. The summed E-state index contributed by atoms with van der Waals surface area (Å²) in [6.45, 7) is 4.61. The van der Waals surface area contributed by atoms with Crippen molar-refractivity contribution >= 4 is 5.91 Å². The van der Waals surface area contributed by atoms with Gasteiger partial charge in [-0.15, -0.1) is 0 Å². The summed E-state index contributed by atoms with van der Waals surface area (Å²) in [6, 6.07) is 5.26. The Labute approximate surface area is 120 Å². The van der Waals surface area contributed by atoms with Gasteiger partial charge in [-0.2, -0.15) is 0 Å². The van der Waals surface area contributed by atoms with Crippen LogP contribution in [0.2, 0.25) is 0 Å². The van der Waals surface area contributed by atoms with Crippen LogP contribution in [0.5, 0.6) is 11.5 Å². The van der Waals surface area contributed by atoms with Crippen LogP contribution < -0.4 is 20.5 Å². The second-order valence-corrected chi connectivity index (χ2v) is 4.68. The summed E-state index contributed by atoms with van der Waals surface area (Å²) in [5.74, 6) is 1.14. The Morgan fingerprint density at radius 3 is 2.80 bits per heavy atom. The van der Waals surface area contributed by atoms with Crippen LogP contribution in [0.1, 0.15) is 38.3 Å². The molecule has 0 spiro atoms. The van der Waals surface area contributed by atoms with Crippen LogP contribution in [0.25, 0.3) is 0 Å². The molecule has 5 nitrogen and oxygen atoms in total. The lowest BCUT2D eigenvalue weighted by atomic mass is 10.1. The van der Waals surface area contributed by atoms with Crippen LogP contribution in [-0.2, 0) is 4.79 Å². The fraction of sp³-hybridized carbons (Fsp3) is 0.533. The highest BCUT2D eigenvalue weighted by atomic mass is 16.5. The van der Waals surface area contributed by atoms with Gasteiger partial charge in [-0.05, 0) is 19.4 Å². The van der Waals surface area contributed by atoms with E-state index in [0.29, 0.717) is 18.0 Å². The highest BCUT2D eigenvalue weighted by molar-refractivity contribution is 5.77. The molecule has 1 atom stereocenters. The van der Waals surface area contributed by atoms with Crippen molar-refractivity contribution in [3.8, 4) is 11.5 Å². The fourth-order valence-electron chi connectivity index (χ4n) is 1.74. The third-order valence-electron chi connectivity index (χ3n) is 2.92. The molecule has 1 aromatic rings. The Hall–Kier alpha value is -1.75. The molecular weight excluding hydrogens is 256 g/mol. The maximum atomic E-state index is 11.6. The normalized spacial score (nSPS) is 11.8. The number of hydrogen-bond donors (Lipinski definition) is 2. The number of unbranched alkanes of at least 4 members (excludes halogenated alkanes) is 1. The average Bonchev–Trinajstić information content (AvgIpc) is 2.44. The first-order valence-electron chi connectivity index (χ1n) is 6.91. The van der Waals surface area contributed by atoms with Crippen LogP contribution in [0, 0.1) is 0 Å². The number of nitrogens with two attached hydrogens (primary N) is 1. The van der Waals surface area contributed by atoms with E-state index < -0.39 is 0 Å². The zero-order valence-electron chi connectivity index (χ0n) is 12.4. The van der Waals surface area contributed by atoms with Crippen LogP contribution >= 0.6 is 0 Å². The van der Waals surface area contributed by atoms with Crippen LogP contribution in [0.4, 0.5) is 0 Å². The highest BCUT2D eigenvalue weighted by Gasteiger charge is 2.11. The first kappa shape index (κ1) is 16.3. The summed E-state index contributed by atoms with van der Waals surface area (Å²) in [5, 5.41) is 2.80. The van der Waals surface area contributed by atoms with Gasteiger partial charge in [0.05, 0.1) is 7.11 Å². The number of carbonyl (C=O) groups is 1. The van der Waals surface area contributed by atoms with Crippen molar-refractivity contribution in [3.63, 3.8) is 0 Å². The van der Waals surface area contributed by atoms with Crippen molar-refractivity contribution in [2.24, 2.45) is 5.73 Å². The van der Waals surface area contributed by atoms with Gasteiger partial charge in [0.25, 0.3) is 5.91 Å². The smallest absolute Gasteiger partial charge is 0.257 e. The van der Waals surface area contributed by atoms with Gasteiger partial charge in [-0.3, -0.25) is 4.79 Å². The number of amides is 1. The molecular formula is C15H24N2O3. The standard InChI is InChI=1S/C15H24N2O3/c1-4-5-8-17-15(18)10-20-14-9-12(19-3)6-7-13(14)11(2)16/h6-7,9,11H,4-5,8,10,16H2,1-3H3,(H,17,18)/t11-/m0/s1. The second-order valence-electron chi connectivity index (χ2n) is 4.68. The van der Waals surface area contributed by atoms with E-state index in [1.807, 2.05) is 19.1 Å². The summed E-state index contributed by atoms with van der Waals surface area (Å²) in [7, 11) is 1.59. The predicted octanol–water partition coefficient (Wildman–Crippen LogP) is 2.01. The van der Waals surface area contributed by atoms with E-state index in [1.54, 1.807) is 13.2 Å². The van der Waals surface area contributed by atoms with Crippen LogP contribution in [-0.4, -0.2) is 26.2 Å². The van der Waals surface area contributed by atoms with Crippen LogP contribution in [0.15, 0.2) is 18.2 Å². The Morgan fingerprint density at radius 2 is 2.20 bits per heavy atom. The maximum Gasteiger partial charge on any atom is 0.257 e. The van der Waals surface area contributed by atoms with Crippen molar-refractivity contribution in [1.29, 1.82) is 0 Å². The number of rotatable bonds is 8. The Morgan fingerprint density at radius 1 is 1.45 bits per heavy atom. The largest absolute Gasteiger partial charge is 0.497 e. The minimum absolute atomic E-state index is 0.0173. The van der Waals surface area contributed by atoms with E-state index in [1.165, 1.54) is 0 Å². The van der Waals surface area contributed by atoms with Crippen molar-refractivity contribution in [3.05, 3.63) is 23.8 Å². The Kier molecular flexibility index (Phi) is 6.87. The minimum Gasteiger partial charge on any atom is -0.497 e. The zero-order valence-corrected chi connectivity index (χ0v) is 12.4. The molecule has 3 N–H and O–H groups in total. The van der Waals surface area contributed by atoms with Crippen LogP contribution in [0.3, 0.4) is 0 Å². The van der Waals surface area contributed by atoms with Gasteiger partial charge in [0.15, 0.2) is 6.61 Å². The monoisotopic (exact) mass is 280 g/mol. The van der Waals surface area contributed by atoms with Gasteiger partial charge in [0.1, 0.15) is 11.5 Å². The molecule has 0 aliphatic heterocycles. The first-order valence-corrected chi connectivity index (χ1v) is 6.91. The van der Waals surface area contributed by atoms with E-state index in [9.17, 15) is 4.79 Å². The second kappa shape index (κ2) is 8.43. The summed E-state index contributed by atoms with van der Waals surface area (Å²) in [4.78, 5) is 11.6. The van der Waals surface area contributed by atoms with Crippen molar-refractivity contribution in [2.45, 2.75) is 32.7 Å².